The van der Waals surface area contributed by atoms with Crippen molar-refractivity contribution in [2.24, 2.45) is 11.0 Å². The molecule has 0 fully saturated rings. The summed E-state index contributed by atoms with van der Waals surface area (Å²) in [6, 6.07) is 15.7. The molecule has 0 saturated carbocycles. The van der Waals surface area contributed by atoms with E-state index < -0.39 is 23.8 Å². The van der Waals surface area contributed by atoms with Gasteiger partial charge in [-0.15, -0.1) is 0 Å². The molecule has 2 amide bonds. The molecule has 7 nitrogen and oxygen atoms in total. The number of carbonyl (C=O) groups excluding carboxylic acids is 2. The molecular weight excluding hydrogens is 416 g/mol. The lowest BCUT2D eigenvalue weighted by Gasteiger charge is -2.24. The van der Waals surface area contributed by atoms with Gasteiger partial charge in [-0.2, -0.15) is 5.10 Å². The van der Waals surface area contributed by atoms with Gasteiger partial charge in [0.2, 0.25) is 5.91 Å². The highest BCUT2D eigenvalue weighted by Crippen LogP contribution is 2.26. The average Bonchev–Trinajstić information content (AvgIpc) is 2.75. The van der Waals surface area contributed by atoms with Gasteiger partial charge < -0.3 is 5.32 Å². The Hall–Kier alpha value is -3.45. The first-order chi connectivity index (χ1) is 14.9. The number of amides is 2. The maximum atomic E-state index is 13.4. The summed E-state index contributed by atoms with van der Waals surface area (Å²) in [7, 11) is 0. The number of fused-ring (bicyclic) bond motifs is 1. The van der Waals surface area contributed by atoms with Gasteiger partial charge in [0.15, 0.2) is 0 Å². The number of hydrazone groups is 1. The van der Waals surface area contributed by atoms with E-state index in [0.29, 0.717) is 32.9 Å². The van der Waals surface area contributed by atoms with Gasteiger partial charge >= 0.3 is 0 Å². The second-order valence-electron chi connectivity index (χ2n) is 7.56. The van der Waals surface area contributed by atoms with Gasteiger partial charge in [0.05, 0.1) is 16.5 Å². The number of nitrogens with zero attached hydrogens (tertiary/aromatic N) is 2. The summed E-state index contributed by atoms with van der Waals surface area (Å²) in [4.78, 5) is 38.4. The van der Waals surface area contributed by atoms with Crippen LogP contribution < -0.4 is 16.3 Å². The fourth-order valence-corrected chi connectivity index (χ4v) is 4.03. The zero-order chi connectivity index (χ0) is 22.1. The minimum atomic E-state index is -0.869. The van der Waals surface area contributed by atoms with Gasteiger partial charge in [0.1, 0.15) is 5.92 Å². The van der Waals surface area contributed by atoms with Gasteiger partial charge in [-0.3, -0.25) is 19.0 Å². The molecule has 0 bridgehead atoms. The Kier molecular flexibility index (Phi) is 5.61. The molecule has 31 heavy (non-hydrogen) atoms. The molecule has 4 rings (SSSR count). The van der Waals surface area contributed by atoms with E-state index in [4.69, 9.17) is 11.6 Å². The van der Waals surface area contributed by atoms with Crippen LogP contribution in [-0.2, 0) is 9.59 Å². The summed E-state index contributed by atoms with van der Waals surface area (Å²) < 4.78 is 1.55. The summed E-state index contributed by atoms with van der Waals surface area (Å²) in [5.74, 6) is -1.73. The highest BCUT2D eigenvalue weighted by molar-refractivity contribution is 6.35. The first-order valence-corrected chi connectivity index (χ1v) is 10.3. The summed E-state index contributed by atoms with van der Waals surface area (Å²) in [6.07, 6.45) is 0.253. The predicted octanol–water partition coefficient (Wildman–Crippen LogP) is 3.33. The van der Waals surface area contributed by atoms with Crippen LogP contribution in [0.2, 0.25) is 5.02 Å². The van der Waals surface area contributed by atoms with E-state index in [1.807, 2.05) is 42.5 Å². The van der Waals surface area contributed by atoms with Crippen LogP contribution in [-0.4, -0.2) is 22.1 Å². The van der Waals surface area contributed by atoms with Crippen LogP contribution in [0.3, 0.4) is 0 Å². The van der Waals surface area contributed by atoms with E-state index in [1.54, 1.807) is 30.5 Å². The number of para-hydroxylation sites is 1. The Morgan fingerprint density at radius 3 is 2.68 bits per heavy atom. The third-order valence-electron chi connectivity index (χ3n) is 5.33. The lowest BCUT2D eigenvalue weighted by Crippen LogP contribution is -2.44. The number of carbonyl (C=O) groups is 2. The van der Waals surface area contributed by atoms with E-state index >= 15 is 0 Å². The van der Waals surface area contributed by atoms with Crippen LogP contribution in [0.25, 0.3) is 16.5 Å². The Balaban J connectivity index is 1.79. The van der Waals surface area contributed by atoms with E-state index in [9.17, 15) is 14.4 Å². The molecule has 2 N–H and O–H groups in total. The van der Waals surface area contributed by atoms with Crippen LogP contribution in [0.15, 0.2) is 64.5 Å². The second-order valence-corrected chi connectivity index (χ2v) is 7.97. The first-order valence-electron chi connectivity index (χ1n) is 9.90. The molecule has 2 atom stereocenters. The molecule has 1 aliphatic rings. The number of pyridine rings is 1. The Morgan fingerprint density at radius 1 is 1.19 bits per heavy atom. The number of hydrogen-bond donors (Lipinski definition) is 2. The standard InChI is InChI=1S/C23H21ClN4O3/c1-13-11-17(22(30)27-26-13)21(29)25-14(2)19-12-15-7-6-10-18(24)20(15)23(31)28(19)16-8-4-3-5-9-16/h3-10,12,14,17H,11H2,1-2H3,(H,25,29)(H,27,30). The molecule has 3 aromatic rings. The zero-order valence-corrected chi connectivity index (χ0v) is 17.8. The van der Waals surface area contributed by atoms with E-state index in [0.717, 1.165) is 0 Å². The lowest BCUT2D eigenvalue weighted by molar-refractivity contribution is -0.135. The maximum absolute atomic E-state index is 13.4. The second kappa shape index (κ2) is 8.35. The Morgan fingerprint density at radius 2 is 1.94 bits per heavy atom. The summed E-state index contributed by atoms with van der Waals surface area (Å²) >= 11 is 6.33. The van der Waals surface area contributed by atoms with Gasteiger partial charge in [0.25, 0.3) is 11.5 Å². The summed E-state index contributed by atoms with van der Waals surface area (Å²) in [5, 5.41) is 8.21. The van der Waals surface area contributed by atoms with Gasteiger partial charge in [-0.25, -0.2) is 5.43 Å². The minimum absolute atomic E-state index is 0.253. The third kappa shape index (κ3) is 3.96. The molecule has 2 unspecified atom stereocenters. The fourth-order valence-electron chi connectivity index (χ4n) is 3.76. The number of nitrogens with one attached hydrogen (secondary N) is 2. The molecule has 2 aromatic carbocycles. The highest BCUT2D eigenvalue weighted by Gasteiger charge is 2.31. The van der Waals surface area contributed by atoms with Crippen LogP contribution in [0, 0.1) is 5.92 Å². The fraction of sp³-hybridized carbons (Fsp3) is 0.217. The SMILES string of the molecule is CC1=NNC(=O)C(C(=O)NC(C)c2cc3cccc(Cl)c3c(=O)n2-c2ccccc2)C1. The smallest absolute Gasteiger partial charge is 0.264 e. The summed E-state index contributed by atoms with van der Waals surface area (Å²) in [5.41, 5.74) is 4.01. The van der Waals surface area contributed by atoms with Crippen molar-refractivity contribution in [3.8, 4) is 5.69 Å². The van der Waals surface area contributed by atoms with E-state index in [-0.39, 0.29) is 12.0 Å². The van der Waals surface area contributed by atoms with Crippen LogP contribution in [0.1, 0.15) is 32.0 Å². The van der Waals surface area contributed by atoms with Gasteiger partial charge in [0, 0.05) is 23.5 Å². The van der Waals surface area contributed by atoms with Crippen molar-refractivity contribution in [2.45, 2.75) is 26.3 Å². The van der Waals surface area contributed by atoms with Crippen molar-refractivity contribution in [1.29, 1.82) is 0 Å². The maximum Gasteiger partial charge on any atom is 0.264 e. The summed E-state index contributed by atoms with van der Waals surface area (Å²) in [6.45, 7) is 3.54. The van der Waals surface area contributed by atoms with Crippen LogP contribution in [0.4, 0.5) is 0 Å². The molecular formula is C23H21ClN4O3. The number of hydrogen-bond acceptors (Lipinski definition) is 4. The monoisotopic (exact) mass is 436 g/mol. The Labute approximate surface area is 183 Å². The first kappa shape index (κ1) is 20.8. The van der Waals surface area contributed by atoms with Crippen molar-refractivity contribution in [3.05, 3.63) is 75.7 Å². The van der Waals surface area contributed by atoms with E-state index in [1.165, 1.54) is 0 Å². The molecule has 158 valence electrons. The quantitative estimate of drug-likeness (QED) is 0.614. The van der Waals surface area contributed by atoms with Crippen molar-refractivity contribution in [3.63, 3.8) is 0 Å². The Bertz CT molecular complexity index is 1270. The van der Waals surface area contributed by atoms with Crippen molar-refractivity contribution >= 4 is 39.9 Å². The molecule has 1 aromatic heterocycles. The van der Waals surface area contributed by atoms with E-state index in [2.05, 4.69) is 15.8 Å². The molecule has 2 heterocycles. The van der Waals surface area contributed by atoms with Gasteiger partial charge in [-0.1, -0.05) is 41.9 Å². The molecule has 0 spiro atoms. The van der Waals surface area contributed by atoms with Crippen molar-refractivity contribution in [1.82, 2.24) is 15.3 Å². The lowest BCUT2D eigenvalue weighted by atomic mass is 9.98. The number of benzene rings is 2. The third-order valence-corrected chi connectivity index (χ3v) is 5.65. The molecule has 8 heteroatoms. The number of halogens is 1. The van der Waals surface area contributed by atoms with Gasteiger partial charge in [-0.05, 0) is 43.5 Å². The van der Waals surface area contributed by atoms with Crippen LogP contribution in [0.5, 0.6) is 0 Å². The molecule has 0 aliphatic carbocycles. The number of aromatic nitrogens is 1. The normalized spacial score (nSPS) is 17.1. The highest BCUT2D eigenvalue weighted by atomic mass is 35.5. The molecule has 1 aliphatic heterocycles. The zero-order valence-electron chi connectivity index (χ0n) is 17.1. The topological polar surface area (TPSA) is 92.6 Å². The molecule has 0 radical (unpaired) electrons. The predicted molar refractivity (Wildman–Crippen MR) is 120 cm³/mol. The molecule has 0 saturated heterocycles. The van der Waals surface area contributed by atoms with Crippen LogP contribution >= 0.6 is 11.6 Å². The van der Waals surface area contributed by atoms with Crippen molar-refractivity contribution < 1.29 is 9.59 Å². The average molecular weight is 437 g/mol. The minimum Gasteiger partial charge on any atom is -0.347 e. The van der Waals surface area contributed by atoms with Crippen molar-refractivity contribution in [2.75, 3.05) is 0 Å². The number of rotatable bonds is 4. The largest absolute Gasteiger partial charge is 0.347 e.